The molecule has 0 unspecified atom stereocenters. The first-order valence-corrected chi connectivity index (χ1v) is 12.5. The lowest BCUT2D eigenvalue weighted by Gasteiger charge is -2.13. The number of carbonyl (C=O) groups is 1. The van der Waals surface area contributed by atoms with E-state index in [-0.39, 0.29) is 18.3 Å². The molecule has 0 aliphatic heterocycles. The van der Waals surface area contributed by atoms with Crippen molar-refractivity contribution in [1.29, 1.82) is 0 Å². The standard InChI is InChI=1S/C17H18N4O2.C10H14N2O2.C2H6O/c1-18-16-17(21-15-7-5-4-6-14(15)20-16)19-11-8-12(22-2)10-13(9-11)23-3;1-12(2)7-10(14)11-8-4-3-5-9(13)6-8;1-2-3/h4-10H,1-3H3,(H,18,20)(H,19,21);3-6,13H,7H2,1-2H3,(H,11,14);3H,2H2,1H3. The van der Waals surface area contributed by atoms with Gasteiger partial charge in [0.05, 0.1) is 31.8 Å². The van der Waals surface area contributed by atoms with Crippen LogP contribution in [0.15, 0.2) is 66.7 Å². The highest BCUT2D eigenvalue weighted by atomic mass is 16.5. The maximum Gasteiger partial charge on any atom is 0.238 e. The molecule has 0 aliphatic rings. The molecule has 11 nitrogen and oxygen atoms in total. The highest BCUT2D eigenvalue weighted by molar-refractivity contribution is 5.92. The first kappa shape index (κ1) is 31.6. The molecule has 0 saturated carbocycles. The molecule has 11 heteroatoms. The van der Waals surface area contributed by atoms with Gasteiger partial charge in [-0.1, -0.05) is 18.2 Å². The first-order chi connectivity index (χ1) is 19.2. The number of nitrogens with zero attached hydrogens (tertiary/aromatic N) is 3. The van der Waals surface area contributed by atoms with E-state index in [1.54, 1.807) is 44.2 Å². The van der Waals surface area contributed by atoms with Crippen molar-refractivity contribution in [2.45, 2.75) is 6.92 Å². The Balaban J connectivity index is 0.000000282. The number of hydrogen-bond donors (Lipinski definition) is 5. The molecule has 0 radical (unpaired) electrons. The zero-order valence-corrected chi connectivity index (χ0v) is 23.7. The highest BCUT2D eigenvalue weighted by Crippen LogP contribution is 2.30. The number of amides is 1. The number of ether oxygens (including phenoxy) is 2. The number of phenols is 1. The number of nitrogens with one attached hydrogen (secondary N) is 3. The molecule has 0 aliphatic carbocycles. The van der Waals surface area contributed by atoms with E-state index < -0.39 is 0 Å². The average Bonchev–Trinajstić information content (AvgIpc) is 2.92. The Labute approximate surface area is 234 Å². The van der Waals surface area contributed by atoms with Gasteiger partial charge in [0.2, 0.25) is 5.91 Å². The van der Waals surface area contributed by atoms with Crippen molar-refractivity contribution in [2.75, 3.05) is 64.5 Å². The van der Waals surface area contributed by atoms with Gasteiger partial charge in [-0.25, -0.2) is 9.97 Å². The highest BCUT2D eigenvalue weighted by Gasteiger charge is 2.10. The molecule has 0 fully saturated rings. The van der Waals surface area contributed by atoms with Crippen LogP contribution in [-0.4, -0.2) is 79.5 Å². The number of methoxy groups -OCH3 is 2. The number of rotatable bonds is 8. The number of hydrogen-bond acceptors (Lipinski definition) is 10. The van der Waals surface area contributed by atoms with Crippen LogP contribution in [-0.2, 0) is 4.79 Å². The number of benzene rings is 3. The molecule has 3 aromatic carbocycles. The number of likely N-dealkylation sites (N-methyl/N-ethyl adjacent to an activating group) is 1. The molecule has 4 aromatic rings. The number of aromatic hydroxyl groups is 1. The molecule has 0 spiro atoms. The second-order valence-corrected chi connectivity index (χ2v) is 8.54. The maximum absolute atomic E-state index is 11.3. The van der Waals surface area contributed by atoms with Crippen molar-refractivity contribution in [3.05, 3.63) is 66.7 Å². The number of fused-ring (bicyclic) bond motifs is 1. The van der Waals surface area contributed by atoms with E-state index in [0.29, 0.717) is 35.4 Å². The van der Waals surface area contributed by atoms with Crippen molar-refractivity contribution >= 4 is 40.0 Å². The summed E-state index contributed by atoms with van der Waals surface area (Å²) in [6.07, 6.45) is 0. The van der Waals surface area contributed by atoms with Crippen LogP contribution in [0.3, 0.4) is 0 Å². The Morgan fingerprint density at radius 1 is 0.875 bits per heavy atom. The Bertz CT molecular complexity index is 1340. The molecule has 1 amide bonds. The molecule has 0 saturated heterocycles. The van der Waals surface area contributed by atoms with Crippen LogP contribution in [0.25, 0.3) is 11.0 Å². The van der Waals surface area contributed by atoms with E-state index in [1.165, 1.54) is 6.07 Å². The third-order valence-corrected chi connectivity index (χ3v) is 5.01. The summed E-state index contributed by atoms with van der Waals surface area (Å²) in [4.78, 5) is 22.3. The normalized spacial score (nSPS) is 10.0. The van der Waals surface area contributed by atoms with Gasteiger partial charge in [-0.3, -0.25) is 4.79 Å². The van der Waals surface area contributed by atoms with Gasteiger partial charge in [-0.2, -0.15) is 0 Å². The van der Waals surface area contributed by atoms with Gasteiger partial charge < -0.3 is 40.5 Å². The topological polar surface area (TPSA) is 141 Å². The zero-order chi connectivity index (χ0) is 29.5. The number of anilines is 4. The van der Waals surface area contributed by atoms with Crippen LogP contribution in [0, 0.1) is 0 Å². The summed E-state index contributed by atoms with van der Waals surface area (Å²) in [5.41, 5.74) is 3.08. The molecule has 40 heavy (non-hydrogen) atoms. The predicted octanol–water partition coefficient (Wildman–Crippen LogP) is 4.32. The Morgan fingerprint density at radius 2 is 1.45 bits per heavy atom. The maximum atomic E-state index is 11.3. The molecule has 1 heterocycles. The molecule has 214 valence electrons. The SMILES string of the molecule is CCO.CN(C)CC(=O)Nc1cccc(O)c1.CNc1nc2ccccc2nc1Nc1cc(OC)cc(OC)c1. The van der Waals surface area contributed by atoms with E-state index in [9.17, 15) is 4.79 Å². The lowest BCUT2D eigenvalue weighted by atomic mass is 10.2. The van der Waals surface area contributed by atoms with E-state index in [0.717, 1.165) is 16.7 Å². The lowest BCUT2D eigenvalue weighted by molar-refractivity contribution is -0.116. The monoisotopic (exact) mass is 550 g/mol. The smallest absolute Gasteiger partial charge is 0.238 e. The second-order valence-electron chi connectivity index (χ2n) is 8.54. The summed E-state index contributed by atoms with van der Waals surface area (Å²) >= 11 is 0. The van der Waals surface area contributed by atoms with Gasteiger partial charge in [-0.05, 0) is 45.3 Å². The van der Waals surface area contributed by atoms with Crippen LogP contribution < -0.4 is 25.4 Å². The largest absolute Gasteiger partial charge is 0.508 e. The van der Waals surface area contributed by atoms with Gasteiger partial charge in [-0.15, -0.1) is 0 Å². The molecule has 4 rings (SSSR count). The molecular formula is C29H38N6O5. The van der Waals surface area contributed by atoms with Gasteiger partial charge >= 0.3 is 0 Å². The zero-order valence-electron chi connectivity index (χ0n) is 23.7. The Kier molecular flexibility index (Phi) is 12.9. The summed E-state index contributed by atoms with van der Waals surface area (Å²) in [6, 6.07) is 19.8. The van der Waals surface area contributed by atoms with Crippen LogP contribution in [0.5, 0.6) is 17.2 Å². The fourth-order valence-electron chi connectivity index (χ4n) is 3.35. The number of phenolic OH excluding ortho intramolecular Hbond substituents is 1. The van der Waals surface area contributed by atoms with Gasteiger partial charge in [0, 0.05) is 49.3 Å². The fraction of sp³-hybridized carbons (Fsp3) is 0.276. The minimum Gasteiger partial charge on any atom is -0.508 e. The van der Waals surface area contributed by atoms with Crippen molar-refractivity contribution < 1.29 is 24.5 Å². The van der Waals surface area contributed by atoms with Crippen molar-refractivity contribution in [2.24, 2.45) is 0 Å². The van der Waals surface area contributed by atoms with Crippen LogP contribution in [0.2, 0.25) is 0 Å². The quantitative estimate of drug-likeness (QED) is 0.215. The Morgan fingerprint density at radius 3 is 1.95 bits per heavy atom. The number of para-hydroxylation sites is 2. The molecule has 1 aromatic heterocycles. The molecular weight excluding hydrogens is 512 g/mol. The van der Waals surface area contributed by atoms with E-state index in [2.05, 4.69) is 25.9 Å². The molecule has 0 bridgehead atoms. The number of aliphatic hydroxyl groups excluding tert-OH is 1. The minimum atomic E-state index is -0.0967. The summed E-state index contributed by atoms with van der Waals surface area (Å²) in [6.45, 7) is 2.26. The fourth-order valence-corrected chi connectivity index (χ4v) is 3.35. The van der Waals surface area contributed by atoms with E-state index in [4.69, 9.17) is 19.7 Å². The molecule has 0 atom stereocenters. The van der Waals surface area contributed by atoms with Crippen LogP contribution >= 0.6 is 0 Å². The third kappa shape index (κ3) is 10.3. The summed E-state index contributed by atoms with van der Waals surface area (Å²) in [5.74, 6) is 2.76. The van der Waals surface area contributed by atoms with Crippen molar-refractivity contribution in [1.82, 2.24) is 14.9 Å². The van der Waals surface area contributed by atoms with E-state index in [1.807, 2.05) is 63.6 Å². The second kappa shape index (κ2) is 16.4. The number of carbonyl (C=O) groups excluding carboxylic acids is 1. The Hall–Kier alpha value is -4.61. The van der Waals surface area contributed by atoms with Crippen LogP contribution in [0.4, 0.5) is 23.0 Å². The summed E-state index contributed by atoms with van der Waals surface area (Å²) in [7, 11) is 8.70. The predicted molar refractivity (Wildman–Crippen MR) is 160 cm³/mol. The summed E-state index contributed by atoms with van der Waals surface area (Å²) in [5, 5.41) is 25.7. The number of aliphatic hydroxyl groups is 1. The van der Waals surface area contributed by atoms with Gasteiger partial charge in [0.15, 0.2) is 11.6 Å². The van der Waals surface area contributed by atoms with Crippen molar-refractivity contribution in [3.63, 3.8) is 0 Å². The van der Waals surface area contributed by atoms with Crippen LogP contribution in [0.1, 0.15) is 6.92 Å². The van der Waals surface area contributed by atoms with Gasteiger partial charge in [0.25, 0.3) is 0 Å². The minimum absolute atomic E-state index is 0.0967. The average molecular weight is 551 g/mol. The summed E-state index contributed by atoms with van der Waals surface area (Å²) < 4.78 is 10.6. The van der Waals surface area contributed by atoms with E-state index >= 15 is 0 Å². The third-order valence-electron chi connectivity index (χ3n) is 5.01. The molecule has 5 N–H and O–H groups in total. The van der Waals surface area contributed by atoms with Gasteiger partial charge in [0.1, 0.15) is 17.2 Å². The lowest BCUT2D eigenvalue weighted by Crippen LogP contribution is -2.26. The first-order valence-electron chi connectivity index (χ1n) is 12.5. The van der Waals surface area contributed by atoms with Crippen molar-refractivity contribution in [3.8, 4) is 17.2 Å². The number of aromatic nitrogens is 2.